The number of amides is 3. The molecule has 0 saturated carbocycles. The smallest absolute Gasteiger partial charge is 0.298 e. The first-order chi connectivity index (χ1) is 16.0. The summed E-state index contributed by atoms with van der Waals surface area (Å²) in [6.45, 7) is 2.02. The van der Waals surface area contributed by atoms with Crippen molar-refractivity contribution in [3.63, 3.8) is 0 Å². The lowest BCUT2D eigenvalue weighted by Crippen LogP contribution is -2.43. The number of anilines is 1. The highest BCUT2D eigenvalue weighted by Gasteiger charge is 2.36. The molecule has 2 heterocycles. The summed E-state index contributed by atoms with van der Waals surface area (Å²) in [6.07, 6.45) is 1.62. The molecule has 0 unspecified atom stereocenters. The molecule has 2 aromatic rings. The van der Waals surface area contributed by atoms with Gasteiger partial charge in [-0.2, -0.15) is 0 Å². The fourth-order valence-electron chi connectivity index (χ4n) is 3.37. The third-order valence-corrected chi connectivity index (χ3v) is 6.20. The number of methoxy groups -OCH3 is 1. The van der Waals surface area contributed by atoms with Crippen LogP contribution in [-0.4, -0.2) is 62.0 Å². The highest BCUT2D eigenvalue weighted by atomic mass is 35.5. The molecule has 0 spiro atoms. The van der Waals surface area contributed by atoms with Crippen LogP contribution in [0.5, 0.6) is 11.5 Å². The van der Waals surface area contributed by atoms with E-state index >= 15 is 0 Å². The standard InChI is InChI=1S/C23H21ClN2O6S/c1-30-19-12-15(2-7-18(19)32-14-21(27)25-8-10-31-11-9-25)13-20-22(28)26(23(29)33-20)17-5-3-16(24)4-6-17/h2-7,12-13H,8-11,14H2,1H3/b20-13+. The molecule has 10 heteroatoms. The second kappa shape index (κ2) is 10.3. The van der Waals surface area contributed by atoms with Gasteiger partial charge in [0.05, 0.1) is 30.9 Å². The molecule has 4 rings (SSSR count). The largest absolute Gasteiger partial charge is 0.493 e. The number of thioether (sulfide) groups is 1. The molecule has 0 aliphatic carbocycles. The van der Waals surface area contributed by atoms with Gasteiger partial charge in [-0.25, -0.2) is 4.90 Å². The van der Waals surface area contributed by atoms with E-state index in [9.17, 15) is 14.4 Å². The number of benzene rings is 2. The lowest BCUT2D eigenvalue weighted by Gasteiger charge is -2.26. The lowest BCUT2D eigenvalue weighted by atomic mass is 10.2. The summed E-state index contributed by atoms with van der Waals surface area (Å²) < 4.78 is 16.3. The number of carbonyl (C=O) groups is 3. The molecule has 0 aromatic heterocycles. The highest BCUT2D eigenvalue weighted by Crippen LogP contribution is 2.37. The molecule has 33 heavy (non-hydrogen) atoms. The summed E-state index contributed by atoms with van der Waals surface area (Å²) in [5.74, 6) is 0.281. The molecule has 8 nitrogen and oxygen atoms in total. The predicted molar refractivity (Wildman–Crippen MR) is 126 cm³/mol. The second-order valence-corrected chi connectivity index (χ2v) is 8.62. The van der Waals surface area contributed by atoms with Crippen LogP contribution in [0.25, 0.3) is 6.08 Å². The Hall–Kier alpha value is -3.01. The van der Waals surface area contributed by atoms with Crippen molar-refractivity contribution in [2.24, 2.45) is 0 Å². The fraction of sp³-hybridized carbons (Fsp3) is 0.261. The Morgan fingerprint density at radius 1 is 1.12 bits per heavy atom. The first-order valence-electron chi connectivity index (χ1n) is 10.2. The van der Waals surface area contributed by atoms with Crippen LogP contribution < -0.4 is 14.4 Å². The van der Waals surface area contributed by atoms with E-state index in [1.807, 2.05) is 0 Å². The van der Waals surface area contributed by atoms with E-state index in [1.54, 1.807) is 53.4 Å². The molecule has 2 aliphatic heterocycles. The third-order valence-electron chi connectivity index (χ3n) is 5.08. The monoisotopic (exact) mass is 488 g/mol. The van der Waals surface area contributed by atoms with Crippen molar-refractivity contribution < 1.29 is 28.6 Å². The zero-order valence-electron chi connectivity index (χ0n) is 17.8. The molecule has 172 valence electrons. The second-order valence-electron chi connectivity index (χ2n) is 7.19. The maximum atomic E-state index is 12.8. The van der Waals surface area contributed by atoms with Gasteiger partial charge in [-0.1, -0.05) is 17.7 Å². The van der Waals surface area contributed by atoms with Crippen molar-refractivity contribution in [1.82, 2.24) is 4.90 Å². The Kier molecular flexibility index (Phi) is 7.22. The number of rotatable bonds is 6. The number of halogens is 1. The molecule has 2 saturated heterocycles. The van der Waals surface area contributed by atoms with E-state index in [4.69, 9.17) is 25.8 Å². The number of hydrogen-bond donors (Lipinski definition) is 0. The Balaban J connectivity index is 1.47. The third kappa shape index (κ3) is 5.32. The van der Waals surface area contributed by atoms with Crippen molar-refractivity contribution in [3.05, 3.63) is 58.0 Å². The predicted octanol–water partition coefficient (Wildman–Crippen LogP) is 3.83. The summed E-state index contributed by atoms with van der Waals surface area (Å²) in [6, 6.07) is 11.6. The molecule has 0 atom stereocenters. The Morgan fingerprint density at radius 2 is 1.85 bits per heavy atom. The maximum Gasteiger partial charge on any atom is 0.298 e. The molecule has 2 fully saturated rings. The average Bonchev–Trinajstić information content (AvgIpc) is 3.11. The van der Waals surface area contributed by atoms with Crippen LogP contribution in [0.15, 0.2) is 47.4 Å². The van der Waals surface area contributed by atoms with Gasteiger partial charge in [0.1, 0.15) is 0 Å². The van der Waals surface area contributed by atoms with E-state index in [0.29, 0.717) is 54.1 Å². The summed E-state index contributed by atoms with van der Waals surface area (Å²) >= 11 is 6.75. The van der Waals surface area contributed by atoms with Crippen LogP contribution in [0.1, 0.15) is 5.56 Å². The van der Waals surface area contributed by atoms with Crippen LogP contribution in [0.3, 0.4) is 0 Å². The lowest BCUT2D eigenvalue weighted by molar-refractivity contribution is -0.137. The zero-order chi connectivity index (χ0) is 23.4. The van der Waals surface area contributed by atoms with Gasteiger partial charge < -0.3 is 19.1 Å². The first kappa shape index (κ1) is 23.2. The van der Waals surface area contributed by atoms with Gasteiger partial charge in [0.25, 0.3) is 17.1 Å². The summed E-state index contributed by atoms with van der Waals surface area (Å²) in [5, 5.41) is 0.129. The van der Waals surface area contributed by atoms with Crippen LogP contribution in [0.4, 0.5) is 10.5 Å². The number of nitrogens with zero attached hydrogens (tertiary/aromatic N) is 2. The normalized spacial score (nSPS) is 17.6. The summed E-state index contributed by atoms with van der Waals surface area (Å²) in [4.78, 5) is 40.7. The molecule has 2 aromatic carbocycles. The number of morpholine rings is 1. The van der Waals surface area contributed by atoms with Crippen molar-refractivity contribution in [2.75, 3.05) is 44.9 Å². The van der Waals surface area contributed by atoms with Crippen molar-refractivity contribution in [2.45, 2.75) is 0 Å². The van der Waals surface area contributed by atoms with Crippen molar-refractivity contribution in [1.29, 1.82) is 0 Å². The molecule has 3 amide bonds. The van der Waals surface area contributed by atoms with Gasteiger partial charge >= 0.3 is 0 Å². The minimum atomic E-state index is -0.414. The quantitative estimate of drug-likeness (QED) is 0.571. The van der Waals surface area contributed by atoms with E-state index in [2.05, 4.69) is 0 Å². The number of hydrogen-bond acceptors (Lipinski definition) is 7. The summed E-state index contributed by atoms with van der Waals surface area (Å²) in [7, 11) is 1.49. The van der Waals surface area contributed by atoms with Crippen LogP contribution in [0, 0.1) is 0 Å². The van der Waals surface area contributed by atoms with Crippen LogP contribution >= 0.6 is 23.4 Å². The van der Waals surface area contributed by atoms with Crippen LogP contribution in [-0.2, 0) is 14.3 Å². The summed E-state index contributed by atoms with van der Waals surface area (Å²) in [5.41, 5.74) is 1.11. The van der Waals surface area contributed by atoms with Crippen LogP contribution in [0.2, 0.25) is 5.02 Å². The Labute approximate surface area is 200 Å². The van der Waals surface area contributed by atoms with Gasteiger partial charge in [0.15, 0.2) is 18.1 Å². The van der Waals surface area contributed by atoms with E-state index in [0.717, 1.165) is 16.7 Å². The number of imide groups is 1. The average molecular weight is 489 g/mol. The number of carbonyl (C=O) groups excluding carboxylic acids is 3. The van der Waals surface area contributed by atoms with Gasteiger partial charge in [-0.15, -0.1) is 0 Å². The van der Waals surface area contributed by atoms with E-state index < -0.39 is 5.91 Å². The van der Waals surface area contributed by atoms with E-state index in [-0.39, 0.29) is 22.7 Å². The molecular formula is C23H21ClN2O6S. The fourth-order valence-corrected chi connectivity index (χ4v) is 4.34. The number of ether oxygens (including phenoxy) is 3. The molecule has 2 aliphatic rings. The Morgan fingerprint density at radius 3 is 2.55 bits per heavy atom. The topological polar surface area (TPSA) is 85.4 Å². The van der Waals surface area contributed by atoms with Gasteiger partial charge in [-0.05, 0) is 59.8 Å². The van der Waals surface area contributed by atoms with Crippen molar-refractivity contribution >= 4 is 52.2 Å². The maximum absolute atomic E-state index is 12.8. The molecule has 0 N–H and O–H groups in total. The zero-order valence-corrected chi connectivity index (χ0v) is 19.4. The molecule has 0 radical (unpaired) electrons. The van der Waals surface area contributed by atoms with Gasteiger partial charge in [-0.3, -0.25) is 14.4 Å². The highest BCUT2D eigenvalue weighted by molar-refractivity contribution is 8.19. The first-order valence-corrected chi connectivity index (χ1v) is 11.4. The minimum Gasteiger partial charge on any atom is -0.493 e. The SMILES string of the molecule is COc1cc(/C=C2/SC(=O)N(c3ccc(Cl)cc3)C2=O)ccc1OCC(=O)N1CCOCC1. The Bertz CT molecular complexity index is 1100. The minimum absolute atomic E-state index is 0.115. The molecular weight excluding hydrogens is 468 g/mol. The van der Waals surface area contributed by atoms with E-state index in [1.165, 1.54) is 7.11 Å². The van der Waals surface area contributed by atoms with Gasteiger partial charge in [0, 0.05) is 18.1 Å². The van der Waals surface area contributed by atoms with Gasteiger partial charge in [0.2, 0.25) is 0 Å². The van der Waals surface area contributed by atoms with Crippen molar-refractivity contribution in [3.8, 4) is 11.5 Å². The molecule has 0 bridgehead atoms.